The number of aliphatic imine (C=N–C) groups is 1. The summed E-state index contributed by atoms with van der Waals surface area (Å²) < 4.78 is 7.67. The van der Waals surface area contributed by atoms with Crippen molar-refractivity contribution < 1.29 is 4.74 Å². The van der Waals surface area contributed by atoms with Crippen LogP contribution in [0.25, 0.3) is 0 Å². The highest BCUT2D eigenvalue weighted by Crippen LogP contribution is 2.31. The van der Waals surface area contributed by atoms with Crippen LogP contribution in [-0.2, 0) is 17.7 Å². The third kappa shape index (κ3) is 4.96. The molecule has 8 nitrogen and oxygen atoms in total. The Morgan fingerprint density at radius 2 is 2.11 bits per heavy atom. The predicted molar refractivity (Wildman–Crippen MR) is 120 cm³/mol. The van der Waals surface area contributed by atoms with E-state index in [9.17, 15) is 0 Å². The van der Waals surface area contributed by atoms with Crippen LogP contribution in [0.4, 0.5) is 0 Å². The molecule has 2 fully saturated rings. The topological polar surface area (TPSA) is 79.6 Å². The third-order valence-electron chi connectivity index (χ3n) is 6.22. The number of hydrogen-bond donors (Lipinski definition) is 2. The number of aromatic nitrogens is 3. The first-order chi connectivity index (χ1) is 13.3. The SMILES string of the molecule is CCNC(=NCC1(N2CCCC2)CCOCC1)NC1CCc2ncnn2C1.I. The average molecular weight is 503 g/mol. The van der Waals surface area contributed by atoms with Gasteiger partial charge in [0, 0.05) is 37.8 Å². The number of nitrogens with one attached hydrogen (secondary N) is 2. The van der Waals surface area contributed by atoms with Gasteiger partial charge in [0.05, 0.1) is 13.1 Å². The molecule has 2 saturated heterocycles. The van der Waals surface area contributed by atoms with Crippen molar-refractivity contribution in [3.05, 3.63) is 12.2 Å². The maximum atomic E-state index is 5.66. The Bertz CT molecular complexity index is 638. The number of rotatable bonds is 5. The van der Waals surface area contributed by atoms with Crippen LogP contribution in [0.5, 0.6) is 0 Å². The van der Waals surface area contributed by atoms with Gasteiger partial charge in [0.2, 0.25) is 0 Å². The van der Waals surface area contributed by atoms with E-state index in [1.54, 1.807) is 6.33 Å². The van der Waals surface area contributed by atoms with Crippen molar-refractivity contribution in [3.63, 3.8) is 0 Å². The van der Waals surface area contributed by atoms with Crippen molar-refractivity contribution >= 4 is 29.9 Å². The van der Waals surface area contributed by atoms with Gasteiger partial charge in [-0.2, -0.15) is 5.10 Å². The molecule has 1 unspecified atom stereocenters. The lowest BCUT2D eigenvalue weighted by atomic mass is 9.88. The lowest BCUT2D eigenvalue weighted by Crippen LogP contribution is -2.54. The summed E-state index contributed by atoms with van der Waals surface area (Å²) in [5.74, 6) is 2.02. The number of hydrogen-bond acceptors (Lipinski definition) is 5. The second-order valence-electron chi connectivity index (χ2n) is 7.96. The summed E-state index contributed by atoms with van der Waals surface area (Å²) in [6.45, 7) is 8.80. The van der Waals surface area contributed by atoms with Gasteiger partial charge in [-0.25, -0.2) is 9.67 Å². The van der Waals surface area contributed by atoms with Crippen LogP contribution in [0.1, 0.15) is 44.9 Å². The van der Waals surface area contributed by atoms with Gasteiger partial charge < -0.3 is 15.4 Å². The van der Waals surface area contributed by atoms with E-state index in [4.69, 9.17) is 9.73 Å². The summed E-state index contributed by atoms with van der Waals surface area (Å²) in [4.78, 5) is 12.0. The van der Waals surface area contributed by atoms with Crippen LogP contribution >= 0.6 is 24.0 Å². The zero-order chi connectivity index (χ0) is 18.5. The molecular weight excluding hydrogens is 469 g/mol. The standard InChI is InChI=1S/C19H33N7O.HI/c1-2-20-18(24-16-5-6-17-22-15-23-26(17)13-16)21-14-19(7-11-27-12-8-19)25-9-3-4-10-25;/h15-16H,2-14H2,1H3,(H2,20,21,24);1H. The van der Waals surface area contributed by atoms with Crippen molar-refractivity contribution in [2.24, 2.45) is 4.99 Å². The fourth-order valence-electron chi connectivity index (χ4n) is 4.61. The van der Waals surface area contributed by atoms with E-state index >= 15 is 0 Å². The Balaban J connectivity index is 0.00000225. The monoisotopic (exact) mass is 503 g/mol. The lowest BCUT2D eigenvalue weighted by molar-refractivity contribution is -0.0139. The molecule has 0 spiro atoms. The first-order valence-corrected chi connectivity index (χ1v) is 10.5. The van der Waals surface area contributed by atoms with Crippen LogP contribution in [-0.4, -0.2) is 76.6 Å². The molecule has 1 aromatic rings. The minimum absolute atomic E-state index is 0. The normalized spacial score (nSPS) is 25.0. The van der Waals surface area contributed by atoms with Crippen molar-refractivity contribution in [2.75, 3.05) is 39.4 Å². The fourth-order valence-corrected chi connectivity index (χ4v) is 4.61. The van der Waals surface area contributed by atoms with Crippen LogP contribution in [0.15, 0.2) is 11.3 Å². The van der Waals surface area contributed by atoms with Crippen molar-refractivity contribution in [3.8, 4) is 0 Å². The first-order valence-electron chi connectivity index (χ1n) is 10.5. The van der Waals surface area contributed by atoms with Gasteiger partial charge in [0.25, 0.3) is 0 Å². The number of fused-ring (bicyclic) bond motifs is 1. The van der Waals surface area contributed by atoms with E-state index in [0.29, 0.717) is 6.04 Å². The van der Waals surface area contributed by atoms with Gasteiger partial charge in [-0.3, -0.25) is 9.89 Å². The maximum Gasteiger partial charge on any atom is 0.191 e. The van der Waals surface area contributed by atoms with Crippen LogP contribution in [0.2, 0.25) is 0 Å². The third-order valence-corrected chi connectivity index (χ3v) is 6.22. The Morgan fingerprint density at radius 1 is 1.32 bits per heavy atom. The molecule has 3 aliphatic heterocycles. The summed E-state index contributed by atoms with van der Waals surface area (Å²) in [7, 11) is 0. The number of aryl methyl sites for hydroxylation is 1. The van der Waals surface area contributed by atoms with Crippen LogP contribution < -0.4 is 10.6 Å². The highest BCUT2D eigenvalue weighted by atomic mass is 127. The molecular formula is C19H34IN7O. The maximum absolute atomic E-state index is 5.66. The number of likely N-dealkylation sites (tertiary alicyclic amines) is 1. The van der Waals surface area contributed by atoms with Crippen LogP contribution in [0.3, 0.4) is 0 Å². The predicted octanol–water partition coefficient (Wildman–Crippen LogP) is 1.41. The Hall–Kier alpha value is -0.940. The second-order valence-corrected chi connectivity index (χ2v) is 7.96. The van der Waals surface area contributed by atoms with Crippen LogP contribution in [0, 0.1) is 0 Å². The molecule has 0 saturated carbocycles. The summed E-state index contributed by atoms with van der Waals surface area (Å²) in [5.41, 5.74) is 0.169. The Kier molecular flexibility index (Phi) is 7.93. The second kappa shape index (κ2) is 10.2. The molecule has 1 aromatic heterocycles. The average Bonchev–Trinajstić information content (AvgIpc) is 3.39. The van der Waals surface area contributed by atoms with Gasteiger partial charge in [0.1, 0.15) is 12.2 Å². The van der Waals surface area contributed by atoms with Gasteiger partial charge in [0.15, 0.2) is 5.96 Å². The lowest BCUT2D eigenvalue weighted by Gasteiger charge is -2.43. The van der Waals surface area contributed by atoms with E-state index in [1.165, 1.54) is 25.9 Å². The summed E-state index contributed by atoms with van der Waals surface area (Å²) in [5, 5.41) is 11.4. The number of ether oxygens (including phenoxy) is 1. The zero-order valence-corrected chi connectivity index (χ0v) is 19.2. The van der Waals surface area contributed by atoms with Gasteiger partial charge >= 0.3 is 0 Å². The summed E-state index contributed by atoms with van der Waals surface area (Å²) in [6, 6.07) is 0.342. The van der Waals surface area contributed by atoms with E-state index in [2.05, 4.69) is 32.5 Å². The van der Waals surface area contributed by atoms with Gasteiger partial charge in [-0.15, -0.1) is 24.0 Å². The molecule has 3 aliphatic rings. The molecule has 2 N–H and O–H groups in total. The molecule has 1 atom stereocenters. The van der Waals surface area contributed by atoms with E-state index < -0.39 is 0 Å². The molecule has 4 heterocycles. The molecule has 0 aromatic carbocycles. The largest absolute Gasteiger partial charge is 0.381 e. The number of nitrogens with zero attached hydrogens (tertiary/aromatic N) is 5. The van der Waals surface area contributed by atoms with E-state index in [1.807, 2.05) is 4.68 Å². The minimum Gasteiger partial charge on any atom is -0.381 e. The van der Waals surface area contributed by atoms with Gasteiger partial charge in [-0.1, -0.05) is 0 Å². The molecule has 0 bridgehead atoms. The van der Waals surface area contributed by atoms with Crippen molar-refractivity contribution in [1.29, 1.82) is 0 Å². The van der Waals surface area contributed by atoms with Gasteiger partial charge in [-0.05, 0) is 52.1 Å². The molecule has 0 radical (unpaired) electrons. The van der Waals surface area contributed by atoms with Crippen molar-refractivity contribution in [1.82, 2.24) is 30.3 Å². The molecule has 0 amide bonds. The quantitative estimate of drug-likeness (QED) is 0.360. The molecule has 158 valence electrons. The smallest absolute Gasteiger partial charge is 0.191 e. The number of halogens is 1. The highest BCUT2D eigenvalue weighted by Gasteiger charge is 2.39. The highest BCUT2D eigenvalue weighted by molar-refractivity contribution is 14.0. The molecule has 4 rings (SSSR count). The Morgan fingerprint density at radius 3 is 2.86 bits per heavy atom. The Labute approximate surface area is 184 Å². The molecule has 9 heteroatoms. The van der Waals surface area contributed by atoms with Crippen molar-refractivity contribution in [2.45, 2.75) is 63.6 Å². The first kappa shape index (κ1) is 21.8. The number of guanidine groups is 1. The minimum atomic E-state index is 0. The summed E-state index contributed by atoms with van der Waals surface area (Å²) >= 11 is 0. The fraction of sp³-hybridized carbons (Fsp3) is 0.842. The molecule has 0 aliphatic carbocycles. The summed E-state index contributed by atoms with van der Waals surface area (Å²) in [6.07, 6.45) is 8.48. The van der Waals surface area contributed by atoms with E-state index in [0.717, 1.165) is 70.3 Å². The van der Waals surface area contributed by atoms with E-state index in [-0.39, 0.29) is 29.5 Å². The molecule has 28 heavy (non-hydrogen) atoms. The zero-order valence-electron chi connectivity index (χ0n) is 16.9.